The molecule has 0 saturated carbocycles. The topological polar surface area (TPSA) is 62.3 Å². The summed E-state index contributed by atoms with van der Waals surface area (Å²) in [5.41, 5.74) is 0. The van der Waals surface area contributed by atoms with Gasteiger partial charge >= 0.3 is 0 Å². The Kier molecular flexibility index (Phi) is 4.54. The lowest BCUT2D eigenvalue weighted by molar-refractivity contribution is 0.294. The van der Waals surface area contributed by atoms with Crippen molar-refractivity contribution in [1.29, 1.82) is 0 Å². The second kappa shape index (κ2) is 6.15. The average molecular weight is 269 g/mol. The molecule has 0 aliphatic carbocycles. The van der Waals surface area contributed by atoms with Crippen LogP contribution in [-0.4, -0.2) is 56.0 Å². The number of nitrogens with one attached hydrogen (secondary N) is 1. The summed E-state index contributed by atoms with van der Waals surface area (Å²) in [6.07, 6.45) is 2.76. The van der Waals surface area contributed by atoms with E-state index in [2.05, 4.69) is 15.2 Å². The molecule has 1 saturated heterocycles. The molecule has 0 atom stereocenters. The first-order valence-electron chi connectivity index (χ1n) is 6.23. The van der Waals surface area contributed by atoms with E-state index in [4.69, 9.17) is 0 Å². The van der Waals surface area contributed by atoms with Crippen molar-refractivity contribution in [2.24, 2.45) is 0 Å². The molecule has 1 aliphatic heterocycles. The van der Waals surface area contributed by atoms with Crippen LogP contribution in [-0.2, 0) is 9.84 Å². The van der Waals surface area contributed by atoms with Gasteiger partial charge in [-0.3, -0.25) is 0 Å². The van der Waals surface area contributed by atoms with Crippen molar-refractivity contribution in [3.05, 3.63) is 24.4 Å². The summed E-state index contributed by atoms with van der Waals surface area (Å²) in [4.78, 5) is 6.39. The number of hydrogen-bond donors (Lipinski definition) is 1. The van der Waals surface area contributed by atoms with Crippen molar-refractivity contribution in [3.8, 4) is 0 Å². The van der Waals surface area contributed by atoms with Gasteiger partial charge in [0.1, 0.15) is 5.82 Å². The fourth-order valence-corrected chi connectivity index (χ4v) is 3.24. The van der Waals surface area contributed by atoms with Crippen LogP contribution in [0, 0.1) is 0 Å². The molecule has 1 fully saturated rings. The largest absolute Gasteiger partial charge is 0.370 e. The van der Waals surface area contributed by atoms with E-state index < -0.39 is 9.84 Å². The molecule has 1 aromatic heterocycles. The Morgan fingerprint density at radius 3 is 2.72 bits per heavy atom. The first kappa shape index (κ1) is 13.3. The number of anilines is 1. The molecule has 2 heterocycles. The Morgan fingerprint density at radius 1 is 1.28 bits per heavy atom. The number of sulfone groups is 1. The maximum atomic E-state index is 11.3. The SMILES string of the molecule is O=S1(=O)CCN(CCCNc2ccccn2)CC1. The van der Waals surface area contributed by atoms with Gasteiger partial charge in [0.05, 0.1) is 11.5 Å². The average Bonchev–Trinajstić information content (AvgIpc) is 2.37. The van der Waals surface area contributed by atoms with Crippen molar-refractivity contribution >= 4 is 15.7 Å². The van der Waals surface area contributed by atoms with Crippen LogP contribution in [0.15, 0.2) is 24.4 Å². The van der Waals surface area contributed by atoms with Crippen LogP contribution in [0.25, 0.3) is 0 Å². The highest BCUT2D eigenvalue weighted by Crippen LogP contribution is 2.05. The molecule has 1 aromatic rings. The van der Waals surface area contributed by atoms with Gasteiger partial charge in [0.25, 0.3) is 0 Å². The molecule has 2 rings (SSSR count). The van der Waals surface area contributed by atoms with Gasteiger partial charge in [0, 0.05) is 25.8 Å². The van der Waals surface area contributed by atoms with Crippen molar-refractivity contribution in [2.75, 3.05) is 43.0 Å². The smallest absolute Gasteiger partial charge is 0.152 e. The molecule has 5 nitrogen and oxygen atoms in total. The summed E-state index contributed by atoms with van der Waals surface area (Å²) < 4.78 is 22.5. The van der Waals surface area contributed by atoms with Gasteiger partial charge in [0.2, 0.25) is 0 Å². The van der Waals surface area contributed by atoms with Crippen molar-refractivity contribution in [3.63, 3.8) is 0 Å². The highest BCUT2D eigenvalue weighted by Gasteiger charge is 2.20. The van der Waals surface area contributed by atoms with Crippen LogP contribution in [0.2, 0.25) is 0 Å². The van der Waals surface area contributed by atoms with Crippen molar-refractivity contribution in [1.82, 2.24) is 9.88 Å². The number of pyridine rings is 1. The molecular formula is C12H19N3O2S. The molecule has 1 N–H and O–H groups in total. The highest BCUT2D eigenvalue weighted by molar-refractivity contribution is 7.91. The molecule has 0 unspecified atom stereocenters. The summed E-state index contributed by atoms with van der Waals surface area (Å²) in [7, 11) is -2.76. The number of aromatic nitrogens is 1. The van der Waals surface area contributed by atoms with Crippen LogP contribution in [0.4, 0.5) is 5.82 Å². The van der Waals surface area contributed by atoms with E-state index in [9.17, 15) is 8.42 Å². The van der Waals surface area contributed by atoms with E-state index in [1.54, 1.807) is 6.20 Å². The number of nitrogens with zero attached hydrogens (tertiary/aromatic N) is 2. The summed E-state index contributed by atoms with van der Waals surface area (Å²) >= 11 is 0. The second-order valence-electron chi connectivity index (χ2n) is 4.49. The predicted octanol–water partition coefficient (Wildman–Crippen LogP) is 0.614. The maximum absolute atomic E-state index is 11.3. The van der Waals surface area contributed by atoms with Crippen LogP contribution in [0.3, 0.4) is 0 Å². The zero-order valence-electron chi connectivity index (χ0n) is 10.4. The van der Waals surface area contributed by atoms with E-state index in [-0.39, 0.29) is 0 Å². The molecule has 6 heteroatoms. The van der Waals surface area contributed by atoms with E-state index in [0.29, 0.717) is 24.6 Å². The quantitative estimate of drug-likeness (QED) is 0.794. The lowest BCUT2D eigenvalue weighted by atomic mass is 10.3. The standard InChI is InChI=1S/C12H19N3O2S/c16-18(17)10-8-15(9-11-18)7-3-6-14-12-4-1-2-5-13-12/h1-2,4-5H,3,6-11H2,(H,13,14). The predicted molar refractivity (Wildman–Crippen MR) is 72.4 cm³/mol. The van der Waals surface area contributed by atoms with Crippen LogP contribution in [0.1, 0.15) is 6.42 Å². The van der Waals surface area contributed by atoms with E-state index in [1.165, 1.54) is 0 Å². The molecule has 0 amide bonds. The summed E-state index contributed by atoms with van der Waals surface area (Å²) in [5.74, 6) is 1.50. The Morgan fingerprint density at radius 2 is 2.06 bits per heavy atom. The van der Waals surface area contributed by atoms with Gasteiger partial charge in [-0.1, -0.05) is 6.07 Å². The second-order valence-corrected chi connectivity index (χ2v) is 6.79. The fraction of sp³-hybridized carbons (Fsp3) is 0.583. The monoisotopic (exact) mass is 269 g/mol. The number of rotatable bonds is 5. The zero-order valence-corrected chi connectivity index (χ0v) is 11.2. The third kappa shape index (κ3) is 4.27. The first-order chi connectivity index (χ1) is 8.66. The first-order valence-corrected chi connectivity index (χ1v) is 8.05. The van der Waals surface area contributed by atoms with Crippen LogP contribution >= 0.6 is 0 Å². The van der Waals surface area contributed by atoms with Crippen LogP contribution < -0.4 is 5.32 Å². The third-order valence-corrected chi connectivity index (χ3v) is 4.67. The molecule has 100 valence electrons. The lowest BCUT2D eigenvalue weighted by Crippen LogP contribution is -2.41. The maximum Gasteiger partial charge on any atom is 0.152 e. The van der Waals surface area contributed by atoms with Gasteiger partial charge in [-0.2, -0.15) is 0 Å². The Bertz CT molecular complexity index is 447. The Hall–Kier alpha value is -1.14. The molecular weight excluding hydrogens is 250 g/mol. The highest BCUT2D eigenvalue weighted by atomic mass is 32.2. The summed E-state index contributed by atoms with van der Waals surface area (Å²) in [6.45, 7) is 3.15. The van der Waals surface area contributed by atoms with Crippen molar-refractivity contribution < 1.29 is 8.42 Å². The van der Waals surface area contributed by atoms with Gasteiger partial charge < -0.3 is 10.2 Å². The van der Waals surface area contributed by atoms with Gasteiger partial charge in [0.15, 0.2) is 9.84 Å². The number of hydrogen-bond acceptors (Lipinski definition) is 5. The summed E-state index contributed by atoms with van der Waals surface area (Å²) in [5, 5.41) is 3.24. The summed E-state index contributed by atoms with van der Waals surface area (Å²) in [6, 6.07) is 5.78. The lowest BCUT2D eigenvalue weighted by Gasteiger charge is -2.26. The van der Waals surface area contributed by atoms with Crippen molar-refractivity contribution in [2.45, 2.75) is 6.42 Å². The van der Waals surface area contributed by atoms with Gasteiger partial charge in [-0.05, 0) is 25.1 Å². The molecule has 0 spiro atoms. The Labute approximate surface area is 108 Å². The van der Waals surface area contributed by atoms with Crippen LogP contribution in [0.5, 0.6) is 0 Å². The minimum absolute atomic E-state index is 0.306. The van der Waals surface area contributed by atoms with Gasteiger partial charge in [-0.15, -0.1) is 0 Å². The van der Waals surface area contributed by atoms with E-state index >= 15 is 0 Å². The molecule has 0 bridgehead atoms. The molecule has 18 heavy (non-hydrogen) atoms. The van der Waals surface area contributed by atoms with E-state index in [1.807, 2.05) is 18.2 Å². The third-order valence-electron chi connectivity index (χ3n) is 3.06. The Balaban J connectivity index is 1.62. The minimum Gasteiger partial charge on any atom is -0.370 e. The van der Waals surface area contributed by atoms with E-state index in [0.717, 1.165) is 25.3 Å². The molecule has 0 radical (unpaired) electrons. The van der Waals surface area contributed by atoms with Gasteiger partial charge in [-0.25, -0.2) is 13.4 Å². The zero-order chi connectivity index (χ0) is 12.8. The molecule has 0 aromatic carbocycles. The normalized spacial score (nSPS) is 19.6. The molecule has 1 aliphatic rings. The minimum atomic E-state index is -2.76. The fourth-order valence-electron chi connectivity index (χ4n) is 1.96.